The molecule has 0 bridgehead atoms. The van der Waals surface area contributed by atoms with Gasteiger partial charge in [-0.15, -0.1) is 0 Å². The van der Waals surface area contributed by atoms with E-state index >= 15 is 0 Å². The minimum absolute atomic E-state index is 0.498. The van der Waals surface area contributed by atoms with Crippen molar-refractivity contribution in [1.29, 1.82) is 0 Å². The van der Waals surface area contributed by atoms with Gasteiger partial charge >= 0.3 is 0 Å². The number of ether oxygens (including phenoxy) is 1. The lowest BCUT2D eigenvalue weighted by atomic mass is 10.1. The van der Waals surface area contributed by atoms with Gasteiger partial charge in [-0.2, -0.15) is 0 Å². The van der Waals surface area contributed by atoms with Gasteiger partial charge in [-0.3, -0.25) is 0 Å². The van der Waals surface area contributed by atoms with Crippen LogP contribution in [-0.2, 0) is 6.42 Å². The van der Waals surface area contributed by atoms with E-state index < -0.39 is 0 Å². The fourth-order valence-electron chi connectivity index (χ4n) is 2.18. The quantitative estimate of drug-likeness (QED) is 0.439. The molecule has 2 aromatic rings. The normalized spacial score (nSPS) is 10.9. The van der Waals surface area contributed by atoms with Crippen LogP contribution in [0.25, 0.3) is 0 Å². The van der Waals surface area contributed by atoms with Crippen LogP contribution >= 0.6 is 23.4 Å². The first-order valence-electron chi connectivity index (χ1n) is 7.65. The van der Waals surface area contributed by atoms with E-state index in [-0.39, 0.29) is 0 Å². The second-order valence-electron chi connectivity index (χ2n) is 5.58. The van der Waals surface area contributed by atoms with Gasteiger partial charge in [0, 0.05) is 25.1 Å². The molecular weight excluding hydrogens is 344 g/mol. The maximum absolute atomic E-state index is 6.42. The number of likely N-dealkylation sites (N-methyl/N-ethyl adjacent to an activating group) is 1. The molecule has 1 aromatic heterocycles. The molecule has 1 N–H and O–H groups in total. The van der Waals surface area contributed by atoms with E-state index in [1.165, 1.54) is 11.8 Å². The van der Waals surface area contributed by atoms with Crippen LogP contribution in [0.5, 0.6) is 5.75 Å². The standard InChI is InChI=1S/C17H23ClN4OS/c1-22(2)10-9-19-16-14(15(18)20-17(21-16)24-4)11-12-5-7-13(23-3)8-6-12/h5-8H,9-11H2,1-4H3,(H,19,20,21). The van der Waals surface area contributed by atoms with Crippen LogP contribution in [0.1, 0.15) is 11.1 Å². The summed E-state index contributed by atoms with van der Waals surface area (Å²) >= 11 is 7.91. The topological polar surface area (TPSA) is 50.3 Å². The van der Waals surface area contributed by atoms with E-state index in [0.717, 1.165) is 35.8 Å². The Labute approximate surface area is 152 Å². The van der Waals surface area contributed by atoms with Crippen molar-refractivity contribution >= 4 is 29.2 Å². The molecule has 0 aliphatic carbocycles. The number of benzene rings is 1. The molecule has 0 amide bonds. The molecule has 1 aromatic carbocycles. The zero-order valence-corrected chi connectivity index (χ0v) is 16.0. The van der Waals surface area contributed by atoms with Crippen molar-refractivity contribution in [3.8, 4) is 5.75 Å². The van der Waals surface area contributed by atoms with Crippen LogP contribution in [0.4, 0.5) is 5.82 Å². The molecule has 0 atom stereocenters. The first kappa shape index (κ1) is 18.8. The second kappa shape index (κ2) is 9.11. The molecule has 24 heavy (non-hydrogen) atoms. The third-order valence-electron chi connectivity index (χ3n) is 3.51. The molecule has 0 spiro atoms. The molecule has 1 heterocycles. The number of nitrogens with one attached hydrogen (secondary N) is 1. The summed E-state index contributed by atoms with van der Waals surface area (Å²) in [6, 6.07) is 7.95. The zero-order valence-electron chi connectivity index (χ0n) is 14.5. The predicted octanol–water partition coefficient (Wildman–Crippen LogP) is 3.42. The van der Waals surface area contributed by atoms with Crippen molar-refractivity contribution in [3.63, 3.8) is 0 Å². The van der Waals surface area contributed by atoms with E-state index in [0.29, 0.717) is 16.7 Å². The van der Waals surface area contributed by atoms with Crippen molar-refractivity contribution < 1.29 is 4.74 Å². The number of thioether (sulfide) groups is 1. The summed E-state index contributed by atoms with van der Waals surface area (Å²) in [6.07, 6.45) is 2.61. The van der Waals surface area contributed by atoms with Crippen LogP contribution in [0.3, 0.4) is 0 Å². The van der Waals surface area contributed by atoms with Gasteiger partial charge in [0.1, 0.15) is 16.7 Å². The van der Waals surface area contributed by atoms with Crippen LogP contribution in [0.2, 0.25) is 5.15 Å². The van der Waals surface area contributed by atoms with Crippen molar-refractivity contribution in [1.82, 2.24) is 14.9 Å². The monoisotopic (exact) mass is 366 g/mol. The van der Waals surface area contributed by atoms with E-state index in [9.17, 15) is 0 Å². The highest BCUT2D eigenvalue weighted by Crippen LogP contribution is 2.27. The van der Waals surface area contributed by atoms with Crippen molar-refractivity contribution in [2.24, 2.45) is 0 Å². The third-order valence-corrected chi connectivity index (χ3v) is 4.37. The molecule has 5 nitrogen and oxygen atoms in total. The number of methoxy groups -OCH3 is 1. The molecular formula is C17H23ClN4OS. The summed E-state index contributed by atoms with van der Waals surface area (Å²) in [5.41, 5.74) is 2.05. The SMILES string of the molecule is COc1ccc(Cc2c(Cl)nc(SC)nc2NCCN(C)C)cc1. The molecule has 0 saturated heterocycles. The highest BCUT2D eigenvalue weighted by atomic mass is 35.5. The summed E-state index contributed by atoms with van der Waals surface area (Å²) in [5, 5.41) is 4.56. The Hall–Kier alpha value is -1.50. The maximum atomic E-state index is 6.42. The van der Waals surface area contributed by atoms with Crippen LogP contribution < -0.4 is 10.1 Å². The first-order valence-corrected chi connectivity index (χ1v) is 9.25. The lowest BCUT2D eigenvalue weighted by Gasteiger charge is -2.15. The van der Waals surface area contributed by atoms with Crippen molar-refractivity contribution in [2.75, 3.05) is 45.9 Å². The molecule has 0 aliphatic heterocycles. The molecule has 2 rings (SSSR count). The summed E-state index contributed by atoms with van der Waals surface area (Å²) in [4.78, 5) is 11.1. The van der Waals surface area contributed by atoms with Gasteiger partial charge < -0.3 is 15.0 Å². The average molecular weight is 367 g/mol. The van der Waals surface area contributed by atoms with Crippen LogP contribution in [-0.4, -0.2) is 55.4 Å². The predicted molar refractivity (Wildman–Crippen MR) is 102 cm³/mol. The summed E-state index contributed by atoms with van der Waals surface area (Å²) in [6.45, 7) is 1.71. The fourth-order valence-corrected chi connectivity index (χ4v) is 2.83. The minimum Gasteiger partial charge on any atom is -0.497 e. The minimum atomic E-state index is 0.498. The first-order chi connectivity index (χ1) is 11.5. The van der Waals surface area contributed by atoms with Crippen LogP contribution in [0.15, 0.2) is 29.4 Å². The van der Waals surface area contributed by atoms with Gasteiger partial charge in [-0.1, -0.05) is 35.5 Å². The summed E-state index contributed by atoms with van der Waals surface area (Å²) in [5.74, 6) is 1.64. The number of aromatic nitrogens is 2. The Morgan fingerprint density at radius 2 is 1.92 bits per heavy atom. The van der Waals surface area contributed by atoms with Gasteiger partial charge in [0.25, 0.3) is 0 Å². The Kier molecular flexibility index (Phi) is 7.15. The van der Waals surface area contributed by atoms with E-state index in [1.807, 2.05) is 44.6 Å². The largest absolute Gasteiger partial charge is 0.497 e. The Morgan fingerprint density at radius 1 is 1.21 bits per heavy atom. The molecule has 130 valence electrons. The van der Waals surface area contributed by atoms with Gasteiger partial charge in [0.2, 0.25) is 0 Å². The van der Waals surface area contributed by atoms with Crippen molar-refractivity contribution in [3.05, 3.63) is 40.5 Å². The van der Waals surface area contributed by atoms with Crippen LogP contribution in [0, 0.1) is 0 Å². The highest BCUT2D eigenvalue weighted by Gasteiger charge is 2.14. The molecule has 0 aliphatic rings. The zero-order chi connectivity index (χ0) is 17.5. The van der Waals surface area contributed by atoms with E-state index in [2.05, 4.69) is 20.2 Å². The molecule has 7 heteroatoms. The lowest BCUT2D eigenvalue weighted by Crippen LogP contribution is -2.22. The second-order valence-corrected chi connectivity index (χ2v) is 6.71. The Bertz CT molecular complexity index is 664. The number of hydrogen-bond donors (Lipinski definition) is 1. The van der Waals surface area contributed by atoms with Crippen molar-refractivity contribution in [2.45, 2.75) is 11.6 Å². The third kappa shape index (κ3) is 5.26. The van der Waals surface area contributed by atoms with Gasteiger partial charge in [0.05, 0.1) is 7.11 Å². The number of rotatable bonds is 8. The van der Waals surface area contributed by atoms with Gasteiger partial charge in [-0.05, 0) is 38.0 Å². The molecule has 0 saturated carbocycles. The van der Waals surface area contributed by atoms with Gasteiger partial charge in [-0.25, -0.2) is 9.97 Å². The maximum Gasteiger partial charge on any atom is 0.190 e. The summed E-state index contributed by atoms with van der Waals surface area (Å²) < 4.78 is 5.20. The van der Waals surface area contributed by atoms with E-state index in [4.69, 9.17) is 16.3 Å². The Balaban J connectivity index is 2.24. The fraction of sp³-hybridized carbons (Fsp3) is 0.412. The smallest absolute Gasteiger partial charge is 0.190 e. The Morgan fingerprint density at radius 3 is 2.50 bits per heavy atom. The molecule has 0 fully saturated rings. The number of nitrogens with zero attached hydrogens (tertiary/aromatic N) is 3. The average Bonchev–Trinajstić information content (AvgIpc) is 2.57. The molecule has 0 unspecified atom stereocenters. The number of hydrogen-bond acceptors (Lipinski definition) is 6. The number of halogens is 1. The van der Waals surface area contributed by atoms with Gasteiger partial charge in [0.15, 0.2) is 5.16 Å². The summed E-state index contributed by atoms with van der Waals surface area (Å²) in [7, 11) is 5.74. The van der Waals surface area contributed by atoms with E-state index in [1.54, 1.807) is 7.11 Å². The lowest BCUT2D eigenvalue weighted by molar-refractivity contribution is 0.414. The molecule has 0 radical (unpaired) electrons. The highest BCUT2D eigenvalue weighted by molar-refractivity contribution is 7.98. The number of anilines is 1.